The summed E-state index contributed by atoms with van der Waals surface area (Å²) in [6, 6.07) is 6.01. The number of H-pyrrole nitrogens is 1. The van der Waals surface area contributed by atoms with Crippen molar-refractivity contribution >= 4 is 23.6 Å². The van der Waals surface area contributed by atoms with E-state index in [1.165, 1.54) is 7.11 Å². The zero-order chi connectivity index (χ0) is 20.3. The first kappa shape index (κ1) is 20.2. The van der Waals surface area contributed by atoms with Gasteiger partial charge in [0.05, 0.1) is 19.1 Å². The van der Waals surface area contributed by atoms with E-state index < -0.39 is 12.0 Å². The normalized spacial score (nSPS) is 17.2. The second-order valence-corrected chi connectivity index (χ2v) is 7.76. The zero-order valence-electron chi connectivity index (χ0n) is 16.2. The third kappa shape index (κ3) is 4.30. The summed E-state index contributed by atoms with van der Waals surface area (Å²) in [5.74, 6) is -0.210. The fourth-order valence-electron chi connectivity index (χ4n) is 3.54. The minimum Gasteiger partial charge on any atom is -0.467 e. The van der Waals surface area contributed by atoms with Crippen LogP contribution in [0.15, 0.2) is 30.6 Å². The van der Waals surface area contributed by atoms with E-state index in [2.05, 4.69) is 15.3 Å². The van der Waals surface area contributed by atoms with E-state index in [1.54, 1.807) is 23.4 Å². The Bertz CT molecular complexity index is 834. The van der Waals surface area contributed by atoms with Crippen LogP contribution in [0, 0.1) is 5.92 Å². The highest BCUT2D eigenvalue weighted by atomic mass is 35.5. The minimum absolute atomic E-state index is 0.232. The number of methoxy groups -OCH3 is 1. The fraction of sp³-hybridized carbons (Fsp3) is 0.450. The Balaban J connectivity index is 1.89. The maximum atomic E-state index is 13.1. The molecule has 0 spiro atoms. The van der Waals surface area contributed by atoms with Gasteiger partial charge in [0.2, 0.25) is 0 Å². The lowest BCUT2D eigenvalue weighted by Gasteiger charge is -2.36. The van der Waals surface area contributed by atoms with Crippen LogP contribution in [-0.2, 0) is 16.0 Å². The number of urea groups is 1. The molecule has 7 nitrogen and oxygen atoms in total. The van der Waals surface area contributed by atoms with Gasteiger partial charge < -0.3 is 19.9 Å². The summed E-state index contributed by atoms with van der Waals surface area (Å²) in [6.07, 6.45) is 2.82. The number of carbonyl (C=O) groups is 2. The molecule has 2 amide bonds. The van der Waals surface area contributed by atoms with Gasteiger partial charge in [-0.1, -0.05) is 37.6 Å². The Morgan fingerprint density at radius 3 is 2.71 bits per heavy atom. The molecule has 28 heavy (non-hydrogen) atoms. The van der Waals surface area contributed by atoms with Gasteiger partial charge in [-0.2, -0.15) is 0 Å². The third-order valence-corrected chi connectivity index (χ3v) is 5.11. The Morgan fingerprint density at radius 1 is 1.36 bits per heavy atom. The van der Waals surface area contributed by atoms with Crippen LogP contribution in [0.2, 0.25) is 5.02 Å². The number of carbonyl (C=O) groups excluding carboxylic acids is 2. The van der Waals surface area contributed by atoms with Crippen molar-refractivity contribution in [1.82, 2.24) is 20.2 Å². The number of aromatic nitrogens is 2. The van der Waals surface area contributed by atoms with Crippen LogP contribution < -0.4 is 5.32 Å². The van der Waals surface area contributed by atoms with Gasteiger partial charge in [0.1, 0.15) is 12.1 Å². The number of nitrogens with one attached hydrogen (secondary N) is 2. The monoisotopic (exact) mass is 404 g/mol. The molecular formula is C20H25ClN4O3. The first-order valence-electron chi connectivity index (χ1n) is 9.33. The molecule has 150 valence electrons. The van der Waals surface area contributed by atoms with Crippen molar-refractivity contribution in [3.8, 4) is 0 Å². The summed E-state index contributed by atoms with van der Waals surface area (Å²) in [7, 11) is 1.33. The van der Waals surface area contributed by atoms with Crippen LogP contribution in [0.1, 0.15) is 43.3 Å². The summed E-state index contributed by atoms with van der Waals surface area (Å²) in [4.78, 5) is 34.6. The van der Waals surface area contributed by atoms with Gasteiger partial charge >= 0.3 is 12.0 Å². The van der Waals surface area contributed by atoms with Gasteiger partial charge in [0, 0.05) is 23.7 Å². The predicted molar refractivity (Wildman–Crippen MR) is 106 cm³/mol. The summed E-state index contributed by atoms with van der Waals surface area (Å²) >= 11 is 6.03. The molecule has 0 radical (unpaired) electrons. The van der Waals surface area contributed by atoms with E-state index in [1.807, 2.05) is 26.0 Å². The fourth-order valence-corrected chi connectivity index (χ4v) is 3.66. The first-order chi connectivity index (χ1) is 13.4. The number of benzene rings is 1. The average Bonchev–Trinajstić information content (AvgIpc) is 3.15. The molecule has 8 heteroatoms. The lowest BCUT2D eigenvalue weighted by Crippen LogP contribution is -2.51. The summed E-state index contributed by atoms with van der Waals surface area (Å²) < 4.78 is 4.87. The van der Waals surface area contributed by atoms with Gasteiger partial charge in [0.15, 0.2) is 0 Å². The van der Waals surface area contributed by atoms with Crippen LogP contribution in [0.3, 0.4) is 0 Å². The molecule has 2 atom stereocenters. The number of halogens is 1. The van der Waals surface area contributed by atoms with Gasteiger partial charge in [-0.05, 0) is 30.0 Å². The quantitative estimate of drug-likeness (QED) is 0.748. The molecular weight excluding hydrogens is 380 g/mol. The first-order valence-corrected chi connectivity index (χ1v) is 9.71. The number of aromatic amines is 1. The number of nitrogens with zero attached hydrogens (tertiary/aromatic N) is 2. The third-order valence-electron chi connectivity index (χ3n) is 4.86. The highest BCUT2D eigenvalue weighted by Crippen LogP contribution is 2.34. The van der Waals surface area contributed by atoms with E-state index in [4.69, 9.17) is 16.3 Å². The standard InChI is InChI=1S/C20H25ClN4O3/c1-12(2)10-16(19(26)28-3)24-20(27)25-9-8-15-17(23-11-22-15)18(25)13-4-6-14(21)7-5-13/h4-7,11-12,16,18H,8-10H2,1-3H3,(H,22,23)(H,24,27). The largest absolute Gasteiger partial charge is 0.467 e. The molecule has 3 rings (SSSR count). The average molecular weight is 405 g/mol. The highest BCUT2D eigenvalue weighted by molar-refractivity contribution is 6.30. The molecule has 0 fully saturated rings. The molecule has 1 aliphatic heterocycles. The number of ether oxygens (including phenoxy) is 1. The van der Waals surface area contributed by atoms with Crippen LogP contribution in [0.25, 0.3) is 0 Å². The van der Waals surface area contributed by atoms with E-state index in [-0.39, 0.29) is 18.0 Å². The SMILES string of the molecule is COC(=O)C(CC(C)C)NC(=O)N1CCc2[nH]cnc2C1c1ccc(Cl)cc1. The van der Waals surface area contributed by atoms with Crippen LogP contribution in [-0.4, -0.2) is 46.6 Å². The number of hydrogen-bond donors (Lipinski definition) is 2. The molecule has 1 aromatic carbocycles. The molecule has 2 N–H and O–H groups in total. The van der Waals surface area contributed by atoms with Crippen LogP contribution in [0.4, 0.5) is 4.79 Å². The number of fused-ring (bicyclic) bond motifs is 1. The second-order valence-electron chi connectivity index (χ2n) is 7.32. The van der Waals surface area contributed by atoms with E-state index in [0.717, 1.165) is 17.0 Å². The number of rotatable bonds is 5. The van der Waals surface area contributed by atoms with E-state index in [9.17, 15) is 9.59 Å². The van der Waals surface area contributed by atoms with Crippen molar-refractivity contribution in [3.05, 3.63) is 52.6 Å². The highest BCUT2D eigenvalue weighted by Gasteiger charge is 2.35. The maximum Gasteiger partial charge on any atom is 0.328 e. The molecule has 2 aromatic rings. The van der Waals surface area contributed by atoms with Crippen molar-refractivity contribution in [1.29, 1.82) is 0 Å². The topological polar surface area (TPSA) is 87.3 Å². The summed E-state index contributed by atoms with van der Waals surface area (Å²) in [5.41, 5.74) is 2.73. The van der Waals surface area contributed by atoms with Gasteiger partial charge in [-0.25, -0.2) is 14.6 Å². The van der Waals surface area contributed by atoms with Crippen molar-refractivity contribution < 1.29 is 14.3 Å². The Morgan fingerprint density at radius 2 is 2.07 bits per heavy atom. The lowest BCUT2D eigenvalue weighted by atomic mass is 9.96. The Labute approximate surface area is 169 Å². The van der Waals surface area contributed by atoms with Gasteiger partial charge in [0.25, 0.3) is 0 Å². The number of hydrogen-bond acceptors (Lipinski definition) is 4. The number of esters is 1. The van der Waals surface area contributed by atoms with E-state index in [0.29, 0.717) is 24.4 Å². The smallest absolute Gasteiger partial charge is 0.328 e. The summed E-state index contributed by atoms with van der Waals surface area (Å²) in [5, 5.41) is 3.48. The molecule has 0 saturated heterocycles. The van der Waals surface area contributed by atoms with Crippen molar-refractivity contribution in [2.45, 2.75) is 38.8 Å². The molecule has 1 aliphatic rings. The molecule has 0 aliphatic carbocycles. The molecule has 0 saturated carbocycles. The Hall–Kier alpha value is -2.54. The van der Waals surface area contributed by atoms with Crippen LogP contribution in [0.5, 0.6) is 0 Å². The molecule has 0 bridgehead atoms. The summed E-state index contributed by atoms with van der Waals surface area (Å²) in [6.45, 7) is 4.49. The molecule has 2 unspecified atom stereocenters. The zero-order valence-corrected chi connectivity index (χ0v) is 17.0. The number of imidazole rings is 1. The second kappa shape index (κ2) is 8.65. The Kier molecular flexibility index (Phi) is 6.24. The predicted octanol–water partition coefficient (Wildman–Crippen LogP) is 3.31. The maximum absolute atomic E-state index is 13.1. The lowest BCUT2D eigenvalue weighted by molar-refractivity contribution is -0.143. The van der Waals surface area contributed by atoms with Crippen molar-refractivity contribution in [2.24, 2.45) is 5.92 Å². The van der Waals surface area contributed by atoms with Gasteiger partial charge in [-0.3, -0.25) is 0 Å². The molecule has 2 heterocycles. The van der Waals surface area contributed by atoms with E-state index >= 15 is 0 Å². The number of amides is 2. The molecule has 1 aromatic heterocycles. The van der Waals surface area contributed by atoms with Crippen LogP contribution >= 0.6 is 11.6 Å². The van der Waals surface area contributed by atoms with Gasteiger partial charge in [-0.15, -0.1) is 0 Å². The van der Waals surface area contributed by atoms with Crippen molar-refractivity contribution in [3.63, 3.8) is 0 Å². The van der Waals surface area contributed by atoms with Crippen molar-refractivity contribution in [2.75, 3.05) is 13.7 Å². The minimum atomic E-state index is -0.691.